The highest BCUT2D eigenvalue weighted by Crippen LogP contribution is 2.25. The van der Waals surface area contributed by atoms with Crippen LogP contribution in [0.4, 0.5) is 0 Å². The minimum absolute atomic E-state index is 0.193. The van der Waals surface area contributed by atoms with Gasteiger partial charge < -0.3 is 14.5 Å². The molecule has 1 N–H and O–H groups in total. The van der Waals surface area contributed by atoms with Gasteiger partial charge in [0.2, 0.25) is 0 Å². The number of aliphatic hydroxyl groups excluding tert-OH is 1. The monoisotopic (exact) mass is 321 g/mol. The first-order valence-corrected chi connectivity index (χ1v) is 8.20. The molecule has 2 aromatic rings. The van der Waals surface area contributed by atoms with Gasteiger partial charge in [-0.05, 0) is 18.4 Å². The predicted octanol–water partition coefficient (Wildman–Crippen LogP) is 1.43. The van der Waals surface area contributed by atoms with E-state index >= 15 is 0 Å². The Morgan fingerprint density at radius 3 is 2.86 bits per heavy atom. The molecule has 6 nitrogen and oxygen atoms in total. The molecule has 0 aliphatic carbocycles. The Hall–Kier alpha value is -1.70. The maximum absolute atomic E-state index is 11.7. The van der Waals surface area contributed by atoms with Crippen molar-refractivity contribution in [2.45, 2.75) is 19.6 Å². The van der Waals surface area contributed by atoms with Crippen molar-refractivity contribution >= 4 is 17.2 Å². The second kappa shape index (κ2) is 6.60. The van der Waals surface area contributed by atoms with Crippen LogP contribution in [-0.2, 0) is 11.3 Å². The SMILES string of the molecule is CC(O)C(=O)N1CCN(Cc2cc(-c3cccs3)on2)CC1. The van der Waals surface area contributed by atoms with Crippen molar-refractivity contribution in [3.05, 3.63) is 29.3 Å². The van der Waals surface area contributed by atoms with Crippen molar-refractivity contribution in [2.24, 2.45) is 0 Å². The van der Waals surface area contributed by atoms with Crippen molar-refractivity contribution in [2.75, 3.05) is 26.2 Å². The van der Waals surface area contributed by atoms with E-state index in [0.717, 1.165) is 29.4 Å². The van der Waals surface area contributed by atoms with Gasteiger partial charge in [0.15, 0.2) is 5.76 Å². The lowest BCUT2D eigenvalue weighted by atomic mass is 10.2. The zero-order valence-corrected chi connectivity index (χ0v) is 13.3. The Labute approximate surface area is 132 Å². The Morgan fingerprint density at radius 2 is 2.23 bits per heavy atom. The van der Waals surface area contributed by atoms with Crippen LogP contribution in [0.15, 0.2) is 28.1 Å². The number of thiophene rings is 1. The van der Waals surface area contributed by atoms with Gasteiger partial charge in [-0.2, -0.15) is 0 Å². The maximum Gasteiger partial charge on any atom is 0.251 e. The van der Waals surface area contributed by atoms with Gasteiger partial charge in [0.05, 0.1) is 10.6 Å². The number of hydrogen-bond acceptors (Lipinski definition) is 6. The lowest BCUT2D eigenvalue weighted by molar-refractivity contribution is -0.141. The number of nitrogens with zero attached hydrogens (tertiary/aromatic N) is 3. The second-order valence-electron chi connectivity index (χ2n) is 5.44. The molecule has 0 saturated carbocycles. The summed E-state index contributed by atoms with van der Waals surface area (Å²) < 4.78 is 5.38. The molecule has 1 unspecified atom stereocenters. The molecule has 0 spiro atoms. The van der Waals surface area contributed by atoms with Crippen molar-refractivity contribution in [3.63, 3.8) is 0 Å². The second-order valence-corrected chi connectivity index (χ2v) is 6.38. The fourth-order valence-electron chi connectivity index (χ4n) is 2.54. The highest BCUT2D eigenvalue weighted by molar-refractivity contribution is 7.13. The first kappa shape index (κ1) is 15.2. The molecule has 2 aromatic heterocycles. The molecule has 3 heterocycles. The number of hydrogen-bond donors (Lipinski definition) is 1. The molecule has 1 aliphatic heterocycles. The normalized spacial score (nSPS) is 17.6. The number of rotatable bonds is 4. The van der Waals surface area contributed by atoms with Crippen LogP contribution in [0, 0.1) is 0 Å². The Bertz CT molecular complexity index is 616. The van der Waals surface area contributed by atoms with Crippen LogP contribution in [0.2, 0.25) is 0 Å². The summed E-state index contributed by atoms with van der Waals surface area (Å²) in [7, 11) is 0. The fraction of sp³-hybridized carbons (Fsp3) is 0.467. The summed E-state index contributed by atoms with van der Waals surface area (Å²) in [5.74, 6) is 0.606. The van der Waals surface area contributed by atoms with Crippen molar-refractivity contribution in [1.29, 1.82) is 0 Å². The molecule has 22 heavy (non-hydrogen) atoms. The van der Waals surface area contributed by atoms with E-state index in [1.165, 1.54) is 6.92 Å². The third kappa shape index (κ3) is 3.37. The van der Waals surface area contributed by atoms with Crippen molar-refractivity contribution < 1.29 is 14.4 Å². The third-order valence-corrected chi connectivity index (χ3v) is 4.63. The lowest BCUT2D eigenvalue weighted by Crippen LogP contribution is -2.50. The molecule has 1 fully saturated rings. The van der Waals surface area contributed by atoms with E-state index in [4.69, 9.17) is 4.52 Å². The maximum atomic E-state index is 11.7. The molecule has 1 amide bonds. The van der Waals surface area contributed by atoms with Crippen molar-refractivity contribution in [3.8, 4) is 10.6 Å². The molecule has 0 bridgehead atoms. The molecule has 7 heteroatoms. The topological polar surface area (TPSA) is 69.8 Å². The minimum Gasteiger partial charge on any atom is -0.384 e. The summed E-state index contributed by atoms with van der Waals surface area (Å²) in [5.41, 5.74) is 0.902. The fourth-order valence-corrected chi connectivity index (χ4v) is 3.21. The van der Waals surface area contributed by atoms with Gasteiger partial charge in [-0.25, -0.2) is 0 Å². The van der Waals surface area contributed by atoms with Gasteiger partial charge in [0.25, 0.3) is 5.91 Å². The van der Waals surface area contributed by atoms with Crippen LogP contribution in [-0.4, -0.2) is 58.3 Å². The summed E-state index contributed by atoms with van der Waals surface area (Å²) in [6.07, 6.45) is -0.921. The van der Waals surface area contributed by atoms with Crippen LogP contribution in [0.5, 0.6) is 0 Å². The molecular weight excluding hydrogens is 302 g/mol. The number of carbonyl (C=O) groups excluding carboxylic acids is 1. The number of piperazine rings is 1. The van der Waals surface area contributed by atoms with Gasteiger partial charge in [0, 0.05) is 38.8 Å². The Balaban J connectivity index is 1.54. The van der Waals surface area contributed by atoms with E-state index in [1.807, 2.05) is 23.6 Å². The predicted molar refractivity (Wildman–Crippen MR) is 83.4 cm³/mol. The van der Waals surface area contributed by atoms with E-state index in [2.05, 4.69) is 10.1 Å². The molecule has 3 rings (SSSR count). The third-order valence-electron chi connectivity index (χ3n) is 3.75. The van der Waals surface area contributed by atoms with Crippen LogP contribution < -0.4 is 0 Å². The van der Waals surface area contributed by atoms with Crippen molar-refractivity contribution in [1.82, 2.24) is 15.0 Å². The molecule has 0 aromatic carbocycles. The Kier molecular flexibility index (Phi) is 4.56. The number of carbonyl (C=O) groups is 1. The lowest BCUT2D eigenvalue weighted by Gasteiger charge is -2.34. The van der Waals surface area contributed by atoms with Gasteiger partial charge in [0.1, 0.15) is 6.10 Å². The van der Waals surface area contributed by atoms with Gasteiger partial charge in [-0.15, -0.1) is 11.3 Å². The summed E-state index contributed by atoms with van der Waals surface area (Å²) >= 11 is 1.63. The van der Waals surface area contributed by atoms with E-state index in [0.29, 0.717) is 19.6 Å². The van der Waals surface area contributed by atoms with E-state index in [9.17, 15) is 9.90 Å². The molecule has 0 radical (unpaired) electrons. The van der Waals surface area contributed by atoms with E-state index in [-0.39, 0.29) is 5.91 Å². The first-order valence-electron chi connectivity index (χ1n) is 7.32. The van der Waals surface area contributed by atoms with Gasteiger partial charge in [-0.1, -0.05) is 11.2 Å². The van der Waals surface area contributed by atoms with Crippen LogP contribution in [0.1, 0.15) is 12.6 Å². The minimum atomic E-state index is -0.921. The molecular formula is C15H19N3O3S. The number of amides is 1. The average molecular weight is 321 g/mol. The zero-order valence-electron chi connectivity index (χ0n) is 12.4. The highest BCUT2D eigenvalue weighted by Gasteiger charge is 2.24. The van der Waals surface area contributed by atoms with Gasteiger partial charge >= 0.3 is 0 Å². The van der Waals surface area contributed by atoms with Gasteiger partial charge in [-0.3, -0.25) is 9.69 Å². The molecule has 1 aliphatic rings. The smallest absolute Gasteiger partial charge is 0.251 e. The zero-order chi connectivity index (χ0) is 15.5. The Morgan fingerprint density at radius 1 is 1.45 bits per heavy atom. The largest absolute Gasteiger partial charge is 0.384 e. The van der Waals surface area contributed by atoms with E-state index < -0.39 is 6.10 Å². The quantitative estimate of drug-likeness (QED) is 0.922. The highest BCUT2D eigenvalue weighted by atomic mass is 32.1. The first-order chi connectivity index (χ1) is 10.6. The summed E-state index contributed by atoms with van der Waals surface area (Å²) in [5, 5.41) is 15.5. The number of aliphatic hydroxyl groups is 1. The van der Waals surface area contributed by atoms with Crippen LogP contribution >= 0.6 is 11.3 Å². The summed E-state index contributed by atoms with van der Waals surface area (Å²) in [4.78, 5) is 16.8. The van der Waals surface area contributed by atoms with Crippen LogP contribution in [0.25, 0.3) is 10.6 Å². The standard InChI is InChI=1S/C15H19N3O3S/c1-11(19)15(20)18-6-4-17(5-7-18)10-12-9-13(21-16-12)14-3-2-8-22-14/h2-3,8-9,11,19H,4-7,10H2,1H3. The molecule has 118 valence electrons. The molecule has 1 atom stereocenters. The van der Waals surface area contributed by atoms with E-state index in [1.54, 1.807) is 16.2 Å². The van der Waals surface area contributed by atoms with Crippen LogP contribution in [0.3, 0.4) is 0 Å². The number of aromatic nitrogens is 1. The average Bonchev–Trinajstić information content (AvgIpc) is 3.18. The molecule has 1 saturated heterocycles. The summed E-state index contributed by atoms with van der Waals surface area (Å²) in [6, 6.07) is 5.97. The summed E-state index contributed by atoms with van der Waals surface area (Å²) in [6.45, 7) is 5.06.